The van der Waals surface area contributed by atoms with Crippen molar-refractivity contribution in [3.05, 3.63) is 48.3 Å². The van der Waals surface area contributed by atoms with Crippen LogP contribution in [-0.2, 0) is 6.54 Å². The fourth-order valence-electron chi connectivity index (χ4n) is 2.07. The Kier molecular flexibility index (Phi) is 2.72. The van der Waals surface area contributed by atoms with E-state index in [1.54, 1.807) is 21.8 Å². The molecule has 0 spiro atoms. The number of rotatable bonds is 3. The van der Waals surface area contributed by atoms with Crippen molar-refractivity contribution in [3.8, 4) is 0 Å². The number of benzene rings is 1. The van der Waals surface area contributed by atoms with E-state index < -0.39 is 0 Å². The zero-order chi connectivity index (χ0) is 12.4. The minimum Gasteiger partial charge on any atom is -0.368 e. The lowest BCUT2D eigenvalue weighted by atomic mass is 10.3. The van der Waals surface area contributed by atoms with Gasteiger partial charge in [-0.25, -0.2) is 0 Å². The van der Waals surface area contributed by atoms with Crippen molar-refractivity contribution in [1.29, 1.82) is 0 Å². The standard InChI is InChI=1S/C13H14N4O/c18-13-12-6-7-15-17(12)9-8-16(13)10-14-11-4-2-1-3-5-11/h1-7,14H,8-10H2. The lowest BCUT2D eigenvalue weighted by Gasteiger charge is -2.27. The van der Waals surface area contributed by atoms with Gasteiger partial charge in [-0.3, -0.25) is 9.48 Å². The normalized spacial score (nSPS) is 14.4. The molecule has 2 aromatic rings. The molecule has 0 saturated carbocycles. The van der Waals surface area contributed by atoms with Crippen LogP contribution in [0.5, 0.6) is 0 Å². The average molecular weight is 242 g/mol. The topological polar surface area (TPSA) is 50.2 Å². The van der Waals surface area contributed by atoms with E-state index in [-0.39, 0.29) is 5.91 Å². The van der Waals surface area contributed by atoms with E-state index in [1.807, 2.05) is 30.3 Å². The molecule has 0 radical (unpaired) electrons. The monoisotopic (exact) mass is 242 g/mol. The second kappa shape index (κ2) is 4.52. The number of carbonyl (C=O) groups excluding carboxylic acids is 1. The van der Waals surface area contributed by atoms with Gasteiger partial charge in [-0.1, -0.05) is 18.2 Å². The predicted molar refractivity (Wildman–Crippen MR) is 68.2 cm³/mol. The number of amides is 1. The smallest absolute Gasteiger partial charge is 0.273 e. The number of hydrogen-bond acceptors (Lipinski definition) is 3. The van der Waals surface area contributed by atoms with Gasteiger partial charge in [0, 0.05) is 18.4 Å². The first kappa shape index (κ1) is 10.8. The Balaban J connectivity index is 1.67. The predicted octanol–water partition coefficient (Wildman–Crippen LogP) is 1.41. The van der Waals surface area contributed by atoms with E-state index in [0.29, 0.717) is 18.9 Å². The van der Waals surface area contributed by atoms with E-state index in [9.17, 15) is 4.79 Å². The maximum atomic E-state index is 12.1. The molecule has 0 bridgehead atoms. The fourth-order valence-corrected chi connectivity index (χ4v) is 2.07. The first-order valence-electron chi connectivity index (χ1n) is 5.94. The highest BCUT2D eigenvalue weighted by Gasteiger charge is 2.24. The summed E-state index contributed by atoms with van der Waals surface area (Å²) in [5.41, 5.74) is 1.68. The largest absolute Gasteiger partial charge is 0.368 e. The Labute approximate surface area is 105 Å². The Bertz CT molecular complexity index is 549. The van der Waals surface area contributed by atoms with Gasteiger partial charge in [0.25, 0.3) is 5.91 Å². The fraction of sp³-hybridized carbons (Fsp3) is 0.231. The number of carbonyl (C=O) groups is 1. The minimum atomic E-state index is 0.0298. The molecule has 0 aliphatic carbocycles. The molecule has 1 amide bonds. The Morgan fingerprint density at radius 2 is 2.00 bits per heavy atom. The number of nitrogens with one attached hydrogen (secondary N) is 1. The van der Waals surface area contributed by atoms with Crippen molar-refractivity contribution in [2.45, 2.75) is 6.54 Å². The molecular formula is C13H14N4O. The van der Waals surface area contributed by atoms with Crippen LogP contribution in [-0.4, -0.2) is 33.8 Å². The molecule has 1 aliphatic rings. The molecule has 1 aliphatic heterocycles. The van der Waals surface area contributed by atoms with Crippen molar-refractivity contribution >= 4 is 11.6 Å². The van der Waals surface area contributed by atoms with Gasteiger partial charge in [-0.15, -0.1) is 0 Å². The molecule has 1 N–H and O–H groups in total. The first-order chi connectivity index (χ1) is 8.84. The van der Waals surface area contributed by atoms with Crippen LogP contribution in [0.1, 0.15) is 10.5 Å². The number of anilines is 1. The summed E-state index contributed by atoms with van der Waals surface area (Å²) in [6, 6.07) is 11.6. The van der Waals surface area contributed by atoms with Crippen LogP contribution in [0.15, 0.2) is 42.6 Å². The van der Waals surface area contributed by atoms with Gasteiger partial charge in [0.2, 0.25) is 0 Å². The van der Waals surface area contributed by atoms with Crippen molar-refractivity contribution in [2.75, 3.05) is 18.5 Å². The molecule has 1 aromatic carbocycles. The molecule has 1 aromatic heterocycles. The highest BCUT2D eigenvalue weighted by atomic mass is 16.2. The van der Waals surface area contributed by atoms with E-state index in [1.165, 1.54) is 0 Å². The number of hydrogen-bond donors (Lipinski definition) is 1. The number of fused-ring (bicyclic) bond motifs is 1. The Morgan fingerprint density at radius 1 is 1.17 bits per heavy atom. The quantitative estimate of drug-likeness (QED) is 0.885. The van der Waals surface area contributed by atoms with Crippen LogP contribution in [0.3, 0.4) is 0 Å². The molecule has 0 unspecified atom stereocenters. The van der Waals surface area contributed by atoms with E-state index in [2.05, 4.69) is 10.4 Å². The zero-order valence-corrected chi connectivity index (χ0v) is 9.91. The molecule has 5 heteroatoms. The second-order valence-corrected chi connectivity index (χ2v) is 4.21. The lowest BCUT2D eigenvalue weighted by Crippen LogP contribution is -2.42. The number of aromatic nitrogens is 2. The summed E-state index contributed by atoms with van der Waals surface area (Å²) in [4.78, 5) is 13.9. The summed E-state index contributed by atoms with van der Waals surface area (Å²) in [5, 5.41) is 7.35. The molecule has 3 rings (SSSR count). The third-order valence-electron chi connectivity index (χ3n) is 3.05. The third kappa shape index (κ3) is 1.95. The van der Waals surface area contributed by atoms with Crippen molar-refractivity contribution in [1.82, 2.24) is 14.7 Å². The van der Waals surface area contributed by atoms with Crippen molar-refractivity contribution in [2.24, 2.45) is 0 Å². The summed E-state index contributed by atoms with van der Waals surface area (Å²) in [5.74, 6) is 0.0298. The van der Waals surface area contributed by atoms with E-state index in [0.717, 1.165) is 12.2 Å². The highest BCUT2D eigenvalue weighted by Crippen LogP contribution is 2.12. The van der Waals surface area contributed by atoms with Crippen molar-refractivity contribution in [3.63, 3.8) is 0 Å². The average Bonchev–Trinajstić information content (AvgIpc) is 2.88. The molecule has 2 heterocycles. The molecule has 5 nitrogen and oxygen atoms in total. The van der Waals surface area contributed by atoms with E-state index >= 15 is 0 Å². The molecule has 0 fully saturated rings. The summed E-state index contributed by atoms with van der Waals surface area (Å²) in [7, 11) is 0. The van der Waals surface area contributed by atoms with Crippen LogP contribution in [0.2, 0.25) is 0 Å². The summed E-state index contributed by atoms with van der Waals surface area (Å²) in [6.07, 6.45) is 1.67. The number of para-hydroxylation sites is 1. The van der Waals surface area contributed by atoms with Crippen LogP contribution in [0.4, 0.5) is 5.69 Å². The minimum absolute atomic E-state index is 0.0298. The highest BCUT2D eigenvalue weighted by molar-refractivity contribution is 5.93. The maximum Gasteiger partial charge on any atom is 0.273 e. The Hall–Kier alpha value is -2.30. The van der Waals surface area contributed by atoms with Gasteiger partial charge >= 0.3 is 0 Å². The zero-order valence-electron chi connectivity index (χ0n) is 9.91. The van der Waals surface area contributed by atoms with Crippen LogP contribution >= 0.6 is 0 Å². The molecule has 92 valence electrons. The number of nitrogens with zero attached hydrogens (tertiary/aromatic N) is 3. The molecular weight excluding hydrogens is 228 g/mol. The van der Waals surface area contributed by atoms with Crippen LogP contribution in [0.25, 0.3) is 0 Å². The SMILES string of the molecule is O=C1c2ccnn2CCN1CNc1ccccc1. The second-order valence-electron chi connectivity index (χ2n) is 4.21. The maximum absolute atomic E-state index is 12.1. The summed E-state index contributed by atoms with van der Waals surface area (Å²) >= 11 is 0. The third-order valence-corrected chi connectivity index (χ3v) is 3.05. The summed E-state index contributed by atoms with van der Waals surface area (Å²) in [6.45, 7) is 1.96. The van der Waals surface area contributed by atoms with Crippen LogP contribution in [0, 0.1) is 0 Å². The first-order valence-corrected chi connectivity index (χ1v) is 5.94. The Morgan fingerprint density at radius 3 is 2.83 bits per heavy atom. The van der Waals surface area contributed by atoms with E-state index in [4.69, 9.17) is 0 Å². The molecule has 0 atom stereocenters. The van der Waals surface area contributed by atoms with Gasteiger partial charge in [-0.2, -0.15) is 5.10 Å². The lowest BCUT2D eigenvalue weighted by molar-refractivity contribution is 0.0711. The van der Waals surface area contributed by atoms with Gasteiger partial charge in [0.15, 0.2) is 0 Å². The van der Waals surface area contributed by atoms with Crippen LogP contribution < -0.4 is 5.32 Å². The van der Waals surface area contributed by atoms with Gasteiger partial charge in [0.1, 0.15) is 5.69 Å². The molecule has 18 heavy (non-hydrogen) atoms. The molecule has 0 saturated heterocycles. The van der Waals surface area contributed by atoms with Gasteiger partial charge in [0.05, 0.1) is 13.2 Å². The summed E-state index contributed by atoms with van der Waals surface area (Å²) < 4.78 is 1.75. The van der Waals surface area contributed by atoms with Crippen molar-refractivity contribution < 1.29 is 4.79 Å². The van der Waals surface area contributed by atoms with Gasteiger partial charge in [-0.05, 0) is 18.2 Å². The van der Waals surface area contributed by atoms with Gasteiger partial charge < -0.3 is 10.2 Å².